The Balaban J connectivity index is -0.000000475. The molecule has 0 N–H and O–H groups in total. The number of aliphatic imine (C=N–C) groups is 4. The van der Waals surface area contributed by atoms with Gasteiger partial charge in [0.1, 0.15) is 0 Å². The van der Waals surface area contributed by atoms with Crippen LogP contribution in [0.25, 0.3) is 0 Å². The Labute approximate surface area is 445 Å². The van der Waals surface area contributed by atoms with E-state index < -0.39 is 0 Å². The van der Waals surface area contributed by atoms with Crippen molar-refractivity contribution in [2.45, 2.75) is 27.7 Å². The van der Waals surface area contributed by atoms with Gasteiger partial charge in [-0.1, -0.05) is 178 Å². The van der Waals surface area contributed by atoms with Crippen LogP contribution in [0, 0.1) is 10.8 Å². The molecule has 4 aromatic carbocycles. The molecule has 0 heterocycles. The van der Waals surface area contributed by atoms with Crippen molar-refractivity contribution in [3.63, 3.8) is 0 Å². The smallest absolute Gasteiger partial charge is 0.0458 e. The van der Waals surface area contributed by atoms with Gasteiger partial charge in [-0.3, -0.25) is 20.0 Å². The maximum absolute atomic E-state index is 12.1. The summed E-state index contributed by atoms with van der Waals surface area (Å²) < 4.78 is 5.24. The minimum atomic E-state index is -0.217. The predicted octanol–water partition coefficient (Wildman–Crippen LogP) is 10.4. The second-order valence-corrected chi connectivity index (χ2v) is 20.5. The van der Waals surface area contributed by atoms with Gasteiger partial charge in [-0.2, -0.15) is 0 Å². The van der Waals surface area contributed by atoms with E-state index in [4.69, 9.17) is 0 Å². The molecule has 0 aliphatic heterocycles. The van der Waals surface area contributed by atoms with Crippen LogP contribution in [0.2, 0.25) is 0 Å². The molecule has 0 aromatic heterocycles. The summed E-state index contributed by atoms with van der Waals surface area (Å²) in [6, 6.07) is 13.8. The largest absolute Gasteiger partial charge is 2.00 e. The summed E-state index contributed by atoms with van der Waals surface area (Å²) in [7, 11) is 0. The summed E-state index contributed by atoms with van der Waals surface area (Å²) in [5, 5.41) is 48.3. The molecule has 332 valence electrons. The molecule has 0 amide bonds. The molecule has 0 spiro atoms. The van der Waals surface area contributed by atoms with Crippen LogP contribution in [0.5, 0.6) is 23.0 Å². The average Bonchev–Trinajstić information content (AvgIpc) is 3.06. The third-order valence-electron chi connectivity index (χ3n) is 7.15. The first-order chi connectivity index (χ1) is 25.2. The Morgan fingerprint density at radius 3 is 0.717 bits per heavy atom. The van der Waals surface area contributed by atoms with Crippen LogP contribution in [0.3, 0.4) is 0 Å². The molecule has 0 atom stereocenters. The minimum Gasteiger partial charge on any atom is -2.00 e. The third kappa shape index (κ3) is 22.1. The average molecular weight is 1500 g/mol. The standard InChI is InChI=1S/2C19H18Br4N2O2.2Mo.4O/c2*1-19(2,9-24-7-11-3-13(20)5-15(22)17(11)26)10-25-8-12-4-14(21)6-16(23)18(12)27;;;;;;/h2*3-8,26-27H,9-10H2,1-2H3;;;;;;/q;;;;4*-2/p-4. The molecular weight excluding hydrogens is 1470 g/mol. The van der Waals surface area contributed by atoms with Crippen molar-refractivity contribution in [1.29, 1.82) is 0 Å². The van der Waals surface area contributed by atoms with Gasteiger partial charge in [-0.25, -0.2) is 0 Å². The van der Waals surface area contributed by atoms with E-state index in [9.17, 15) is 20.4 Å². The van der Waals surface area contributed by atoms with E-state index in [0.29, 0.717) is 66.3 Å². The second-order valence-electron chi connectivity index (χ2n) is 13.4. The van der Waals surface area contributed by atoms with Gasteiger partial charge in [-0.15, -0.1) is 0 Å². The van der Waals surface area contributed by atoms with Gasteiger partial charge in [-0.05, 0) is 70.8 Å². The second kappa shape index (κ2) is 30.9. The van der Waals surface area contributed by atoms with E-state index >= 15 is 0 Å². The first kappa shape index (κ1) is 66.4. The van der Waals surface area contributed by atoms with Gasteiger partial charge < -0.3 is 42.3 Å². The topological polar surface area (TPSA) is 256 Å². The molecule has 0 unspecified atom stereocenters. The van der Waals surface area contributed by atoms with Gasteiger partial charge in [0, 0.05) is 140 Å². The molecule has 0 radical (unpaired) electrons. The van der Waals surface area contributed by atoms with Crippen LogP contribution in [0.1, 0.15) is 49.9 Å². The van der Waals surface area contributed by atoms with Gasteiger partial charge in [0.05, 0.1) is 0 Å². The van der Waals surface area contributed by atoms with E-state index in [1.165, 1.54) is 0 Å². The summed E-state index contributed by atoms with van der Waals surface area (Å²) in [5.41, 5.74) is 1.64. The van der Waals surface area contributed by atoms with Crippen LogP contribution in [-0.4, -0.2) is 51.0 Å². The molecule has 0 aliphatic rings. The quantitative estimate of drug-likeness (QED) is 0.0990. The molecule has 4 rings (SSSR count). The molecule has 0 bridgehead atoms. The van der Waals surface area contributed by atoms with Gasteiger partial charge >= 0.3 is 0 Å². The van der Waals surface area contributed by atoms with Gasteiger partial charge in [0.2, 0.25) is 0 Å². The first-order valence-corrected chi connectivity index (χ1v) is 22.2. The van der Waals surface area contributed by atoms with Crippen LogP contribution >= 0.6 is 127 Å². The monoisotopic (exact) mass is 1500 g/mol. The summed E-state index contributed by atoms with van der Waals surface area (Å²) in [4.78, 5) is 17.6. The van der Waals surface area contributed by atoms with Crippen molar-refractivity contribution in [3.8, 4) is 23.0 Å². The number of hydrogen-bond acceptors (Lipinski definition) is 8. The Morgan fingerprint density at radius 1 is 0.383 bits per heavy atom. The Hall–Kier alpha value is -0.183. The number of rotatable bonds is 12. The van der Waals surface area contributed by atoms with Crippen molar-refractivity contribution >= 4 is 152 Å². The maximum atomic E-state index is 12.1. The SMILES string of the molecule is CC(C)(CN=Cc1cc(Br)cc(Br)c1[O-])CN=Cc1cc(Br)cc(Br)c1[O-].CC(C)(CN=Cc1cc(Br)cc(Br)c1[O-])CN=Cc1cc(Br)cc(Br)c1[O-].[Mo].[Mo].[O-2].[O-2].[O-2].[O-2]. The van der Waals surface area contributed by atoms with E-state index in [2.05, 4.69) is 147 Å². The summed E-state index contributed by atoms with van der Waals surface area (Å²) in [6.07, 6.45) is 6.35. The van der Waals surface area contributed by atoms with Crippen molar-refractivity contribution in [2.75, 3.05) is 26.2 Å². The summed E-state index contributed by atoms with van der Waals surface area (Å²) in [5.74, 6) is -0.385. The Bertz CT molecular complexity index is 1820. The maximum Gasteiger partial charge on any atom is 0.0458 e. The third-order valence-corrected chi connectivity index (χ3v) is 11.3. The van der Waals surface area contributed by atoms with Crippen LogP contribution in [0.4, 0.5) is 0 Å². The molecule has 12 nitrogen and oxygen atoms in total. The normalized spacial score (nSPS) is 11.1. The number of benzene rings is 4. The Kier molecular flexibility index (Phi) is 34.2. The molecule has 0 fully saturated rings. The molecule has 4 aromatic rings. The van der Waals surface area contributed by atoms with Crippen LogP contribution in [0.15, 0.2) is 104 Å². The molecule has 60 heavy (non-hydrogen) atoms. The molecule has 0 saturated carbocycles. The van der Waals surface area contributed by atoms with Gasteiger partial charge in [0.15, 0.2) is 0 Å². The zero-order valence-corrected chi connectivity index (χ0v) is 48.4. The number of hydrogen-bond donors (Lipinski definition) is 0. The van der Waals surface area contributed by atoms with E-state index in [1.807, 2.05) is 27.7 Å². The molecule has 0 aliphatic carbocycles. The molecule has 22 heteroatoms. The summed E-state index contributed by atoms with van der Waals surface area (Å²) >= 11 is 26.5. The van der Waals surface area contributed by atoms with E-state index in [1.54, 1.807) is 73.4 Å². The van der Waals surface area contributed by atoms with Crippen molar-refractivity contribution in [2.24, 2.45) is 30.8 Å². The van der Waals surface area contributed by atoms with Crippen molar-refractivity contribution in [1.82, 2.24) is 0 Å². The fraction of sp³-hybridized carbons (Fsp3) is 0.263. The number of halogens is 8. The van der Waals surface area contributed by atoms with Crippen molar-refractivity contribution in [3.05, 3.63) is 107 Å². The van der Waals surface area contributed by atoms with Crippen LogP contribution in [-0.2, 0) is 64.0 Å². The Morgan fingerprint density at radius 2 is 0.550 bits per heavy atom. The minimum absolute atomic E-state index is 0. The number of nitrogens with zero attached hydrogens (tertiary/aromatic N) is 4. The zero-order valence-electron chi connectivity index (χ0n) is 31.7. The molecule has 0 saturated heterocycles. The van der Waals surface area contributed by atoms with E-state index in [-0.39, 0.29) is 97.9 Å². The fourth-order valence-electron chi connectivity index (χ4n) is 4.37. The van der Waals surface area contributed by atoms with Crippen molar-refractivity contribution < 1.29 is 84.5 Å². The molecular formula is C38H32Br8Mo2N4O8-12. The fourth-order valence-corrected chi connectivity index (χ4v) is 9.40. The first-order valence-electron chi connectivity index (χ1n) is 15.8. The van der Waals surface area contributed by atoms with E-state index in [0.717, 1.165) is 17.9 Å². The predicted molar refractivity (Wildman–Crippen MR) is 245 cm³/mol. The van der Waals surface area contributed by atoms with Crippen LogP contribution < -0.4 is 20.4 Å². The summed E-state index contributed by atoms with van der Waals surface area (Å²) in [6.45, 7) is 10.1. The zero-order chi connectivity index (χ0) is 40.4. The van der Waals surface area contributed by atoms with Gasteiger partial charge in [0.25, 0.3) is 0 Å².